The van der Waals surface area contributed by atoms with Gasteiger partial charge in [-0.2, -0.15) is 0 Å². The summed E-state index contributed by atoms with van der Waals surface area (Å²) < 4.78 is 0.898. The van der Waals surface area contributed by atoms with Crippen molar-refractivity contribution in [1.82, 2.24) is 4.98 Å². The Morgan fingerprint density at radius 2 is 2.19 bits per heavy atom. The summed E-state index contributed by atoms with van der Waals surface area (Å²) in [7, 11) is 0. The molecule has 1 aromatic heterocycles. The zero-order valence-corrected chi connectivity index (χ0v) is 10.9. The van der Waals surface area contributed by atoms with Crippen LogP contribution in [0.15, 0.2) is 35.5 Å². The first kappa shape index (κ1) is 13.1. The lowest BCUT2D eigenvalue weighted by Crippen LogP contribution is -2.01. The maximum Gasteiger partial charge on any atom is 0.181 e. The predicted octanol–water partition coefficient (Wildman–Crippen LogP) is 4.16. The molecule has 0 spiro atoms. The standard InChI is InChI=1S/C13H16BrNO/c1-2-3-4-5-6-7-13(16)12-9-8-11(14)10-15-12/h2,8-10H,1,3-7H2. The fraction of sp³-hybridized carbons (Fsp3) is 0.385. The molecule has 1 heterocycles. The summed E-state index contributed by atoms with van der Waals surface area (Å²) in [6, 6.07) is 3.61. The lowest BCUT2D eigenvalue weighted by Gasteiger charge is -2.00. The molecule has 0 atom stereocenters. The Morgan fingerprint density at radius 3 is 2.81 bits per heavy atom. The van der Waals surface area contributed by atoms with Crippen LogP contribution < -0.4 is 0 Å². The number of rotatable bonds is 7. The van der Waals surface area contributed by atoms with Gasteiger partial charge < -0.3 is 0 Å². The number of hydrogen-bond acceptors (Lipinski definition) is 2. The fourth-order valence-corrected chi connectivity index (χ4v) is 1.65. The van der Waals surface area contributed by atoms with Crippen molar-refractivity contribution in [3.8, 4) is 0 Å². The summed E-state index contributed by atoms with van der Waals surface area (Å²) >= 11 is 3.29. The van der Waals surface area contributed by atoms with Crippen molar-refractivity contribution < 1.29 is 4.79 Å². The number of unbranched alkanes of at least 4 members (excludes halogenated alkanes) is 3. The number of Topliss-reactive ketones (excluding diaryl/α,β-unsaturated/α-hetero) is 1. The average Bonchev–Trinajstić information content (AvgIpc) is 2.29. The second-order valence-corrected chi connectivity index (χ2v) is 4.59. The topological polar surface area (TPSA) is 30.0 Å². The lowest BCUT2D eigenvalue weighted by molar-refractivity contribution is 0.0974. The van der Waals surface area contributed by atoms with Gasteiger partial charge in [-0.15, -0.1) is 6.58 Å². The molecule has 0 bridgehead atoms. The smallest absolute Gasteiger partial charge is 0.181 e. The molecule has 0 aromatic carbocycles. The zero-order chi connectivity index (χ0) is 11.8. The van der Waals surface area contributed by atoms with Crippen LogP contribution in [0.4, 0.5) is 0 Å². The van der Waals surface area contributed by atoms with E-state index in [1.54, 1.807) is 12.3 Å². The molecule has 2 nitrogen and oxygen atoms in total. The molecule has 0 radical (unpaired) electrons. The van der Waals surface area contributed by atoms with E-state index in [1.807, 2.05) is 12.1 Å². The van der Waals surface area contributed by atoms with E-state index >= 15 is 0 Å². The van der Waals surface area contributed by atoms with E-state index in [2.05, 4.69) is 27.5 Å². The van der Waals surface area contributed by atoms with Crippen molar-refractivity contribution >= 4 is 21.7 Å². The Bertz CT molecular complexity index is 345. The van der Waals surface area contributed by atoms with Gasteiger partial charge in [0.05, 0.1) is 0 Å². The van der Waals surface area contributed by atoms with Crippen molar-refractivity contribution in [2.45, 2.75) is 32.1 Å². The number of hydrogen-bond donors (Lipinski definition) is 0. The number of ketones is 1. The van der Waals surface area contributed by atoms with E-state index in [0.29, 0.717) is 12.1 Å². The van der Waals surface area contributed by atoms with Gasteiger partial charge in [0.15, 0.2) is 5.78 Å². The molecule has 0 fully saturated rings. The minimum Gasteiger partial charge on any atom is -0.292 e. The van der Waals surface area contributed by atoms with Gasteiger partial charge in [0, 0.05) is 17.1 Å². The highest BCUT2D eigenvalue weighted by Gasteiger charge is 2.06. The fourth-order valence-electron chi connectivity index (χ4n) is 1.42. The summed E-state index contributed by atoms with van der Waals surface area (Å²) in [6.07, 6.45) is 8.32. The molecule has 3 heteroatoms. The molecular weight excluding hydrogens is 266 g/mol. The molecule has 16 heavy (non-hydrogen) atoms. The monoisotopic (exact) mass is 281 g/mol. The van der Waals surface area contributed by atoms with Crippen LogP contribution in [-0.4, -0.2) is 10.8 Å². The minimum atomic E-state index is 0.131. The number of nitrogens with zero attached hydrogens (tertiary/aromatic N) is 1. The van der Waals surface area contributed by atoms with Crippen LogP contribution in [0.1, 0.15) is 42.6 Å². The first-order valence-corrected chi connectivity index (χ1v) is 6.29. The minimum absolute atomic E-state index is 0.131. The van der Waals surface area contributed by atoms with E-state index in [0.717, 1.165) is 30.2 Å². The molecule has 1 aromatic rings. The Hall–Kier alpha value is -0.960. The maximum atomic E-state index is 11.7. The number of carbonyl (C=O) groups is 1. The Morgan fingerprint density at radius 1 is 1.38 bits per heavy atom. The van der Waals surface area contributed by atoms with Crippen molar-refractivity contribution in [2.75, 3.05) is 0 Å². The normalized spacial score (nSPS) is 10.1. The van der Waals surface area contributed by atoms with E-state index < -0.39 is 0 Å². The summed E-state index contributed by atoms with van der Waals surface area (Å²) in [5.74, 6) is 0.131. The van der Waals surface area contributed by atoms with Crippen molar-refractivity contribution in [3.63, 3.8) is 0 Å². The Kier molecular flexibility index (Phi) is 6.01. The van der Waals surface area contributed by atoms with Crippen LogP contribution in [-0.2, 0) is 0 Å². The largest absolute Gasteiger partial charge is 0.292 e. The molecule has 86 valence electrons. The quantitative estimate of drug-likeness (QED) is 0.427. The van der Waals surface area contributed by atoms with Crippen LogP contribution in [0.3, 0.4) is 0 Å². The molecular formula is C13H16BrNO. The van der Waals surface area contributed by atoms with Gasteiger partial charge >= 0.3 is 0 Å². The highest BCUT2D eigenvalue weighted by molar-refractivity contribution is 9.10. The molecule has 0 aliphatic heterocycles. The average molecular weight is 282 g/mol. The number of carbonyl (C=O) groups excluding carboxylic acids is 1. The number of allylic oxidation sites excluding steroid dienone is 1. The van der Waals surface area contributed by atoms with Crippen LogP contribution in [0, 0.1) is 0 Å². The van der Waals surface area contributed by atoms with Crippen molar-refractivity contribution in [2.24, 2.45) is 0 Å². The molecule has 0 saturated carbocycles. The van der Waals surface area contributed by atoms with E-state index in [9.17, 15) is 4.79 Å². The molecule has 1 rings (SSSR count). The number of halogens is 1. The van der Waals surface area contributed by atoms with Gasteiger partial charge in [0.1, 0.15) is 5.69 Å². The van der Waals surface area contributed by atoms with Gasteiger partial charge in [0.25, 0.3) is 0 Å². The van der Waals surface area contributed by atoms with Crippen molar-refractivity contribution in [3.05, 3.63) is 41.2 Å². The molecule has 0 saturated heterocycles. The first-order valence-electron chi connectivity index (χ1n) is 5.49. The summed E-state index contributed by atoms with van der Waals surface area (Å²) in [5, 5.41) is 0. The third kappa shape index (κ3) is 4.71. The first-order chi connectivity index (χ1) is 7.74. The molecule has 0 aliphatic rings. The highest BCUT2D eigenvalue weighted by Crippen LogP contribution is 2.11. The van der Waals surface area contributed by atoms with Gasteiger partial charge in [-0.25, -0.2) is 0 Å². The number of pyridine rings is 1. The SMILES string of the molecule is C=CCCCCCC(=O)c1ccc(Br)cn1. The van der Waals surface area contributed by atoms with Crippen molar-refractivity contribution in [1.29, 1.82) is 0 Å². The van der Waals surface area contributed by atoms with Crippen LogP contribution >= 0.6 is 15.9 Å². The molecule has 0 aliphatic carbocycles. The second-order valence-electron chi connectivity index (χ2n) is 3.67. The second kappa shape index (κ2) is 7.34. The van der Waals surface area contributed by atoms with Crippen LogP contribution in [0.5, 0.6) is 0 Å². The third-order valence-electron chi connectivity index (χ3n) is 2.33. The summed E-state index contributed by atoms with van der Waals surface area (Å²) in [5.41, 5.74) is 0.562. The number of aromatic nitrogens is 1. The van der Waals surface area contributed by atoms with E-state index in [4.69, 9.17) is 0 Å². The zero-order valence-electron chi connectivity index (χ0n) is 9.29. The Labute approximate surface area is 105 Å². The lowest BCUT2D eigenvalue weighted by atomic mass is 10.1. The van der Waals surface area contributed by atoms with E-state index in [1.165, 1.54) is 0 Å². The summed E-state index contributed by atoms with van der Waals surface area (Å²) in [4.78, 5) is 15.8. The van der Waals surface area contributed by atoms with Crippen LogP contribution in [0.25, 0.3) is 0 Å². The molecule has 0 unspecified atom stereocenters. The van der Waals surface area contributed by atoms with Crippen LogP contribution in [0.2, 0.25) is 0 Å². The third-order valence-corrected chi connectivity index (χ3v) is 2.79. The van der Waals surface area contributed by atoms with Gasteiger partial charge in [0.2, 0.25) is 0 Å². The van der Waals surface area contributed by atoms with Gasteiger partial charge in [-0.1, -0.05) is 12.5 Å². The van der Waals surface area contributed by atoms with Gasteiger partial charge in [-0.3, -0.25) is 9.78 Å². The molecule has 0 amide bonds. The Balaban J connectivity index is 2.29. The molecule has 0 N–H and O–H groups in total. The highest BCUT2D eigenvalue weighted by atomic mass is 79.9. The predicted molar refractivity (Wildman–Crippen MR) is 69.5 cm³/mol. The summed E-state index contributed by atoms with van der Waals surface area (Å²) in [6.45, 7) is 3.67. The van der Waals surface area contributed by atoms with Gasteiger partial charge in [-0.05, 0) is 47.3 Å². The van der Waals surface area contributed by atoms with E-state index in [-0.39, 0.29) is 5.78 Å². The maximum absolute atomic E-state index is 11.7.